The zero-order valence-corrected chi connectivity index (χ0v) is 17.4. The summed E-state index contributed by atoms with van der Waals surface area (Å²) in [5.74, 6) is 3.91. The van der Waals surface area contributed by atoms with Gasteiger partial charge in [-0.05, 0) is 86.6 Å². The number of amides is 1. The Kier molecular flexibility index (Phi) is 4.30. The first kappa shape index (κ1) is 18.5. The predicted octanol–water partition coefficient (Wildman–Crippen LogP) is 4.56. The van der Waals surface area contributed by atoms with Gasteiger partial charge in [0.25, 0.3) is 0 Å². The summed E-state index contributed by atoms with van der Waals surface area (Å²) in [5, 5.41) is 10.7. The summed E-state index contributed by atoms with van der Waals surface area (Å²) in [6.45, 7) is 0. The monoisotopic (exact) mass is 414 g/mol. The van der Waals surface area contributed by atoms with E-state index in [1.54, 1.807) is 10.9 Å². The van der Waals surface area contributed by atoms with Crippen LogP contribution in [0.2, 0.25) is 0 Å². The number of nitrogens with one attached hydrogen (secondary N) is 2. The van der Waals surface area contributed by atoms with Crippen molar-refractivity contribution in [3.05, 3.63) is 55.1 Å². The number of rotatable bonds is 5. The lowest BCUT2D eigenvalue weighted by molar-refractivity contribution is -0.140. The van der Waals surface area contributed by atoms with E-state index >= 15 is 0 Å². The zero-order chi connectivity index (χ0) is 20.8. The molecule has 7 rings (SSSR count). The van der Waals surface area contributed by atoms with E-state index in [4.69, 9.17) is 0 Å². The standard InChI is InChI=1S/C24H26N6O/c31-23(24-12-16-8-17(13-24)10-18(9-16)14-24)29-20-4-2-19(3-5-20)28-21-11-22(26-15-25-21)30-7-1-6-27-30/h1-7,11,15-18H,8-10,12-14H2,(H,29,31)(H,25,26,28). The molecule has 2 N–H and O–H groups in total. The van der Waals surface area contributed by atoms with Crippen LogP contribution in [0.4, 0.5) is 17.2 Å². The van der Waals surface area contributed by atoms with Gasteiger partial charge >= 0.3 is 0 Å². The zero-order valence-electron chi connectivity index (χ0n) is 17.4. The number of hydrogen-bond donors (Lipinski definition) is 2. The highest BCUT2D eigenvalue weighted by molar-refractivity contribution is 5.95. The SMILES string of the molecule is O=C(Nc1ccc(Nc2cc(-n3cccn3)ncn2)cc1)C12CC3CC(CC(C3)C1)C2. The molecule has 3 aromatic rings. The maximum atomic E-state index is 13.2. The van der Waals surface area contributed by atoms with E-state index in [-0.39, 0.29) is 11.3 Å². The van der Waals surface area contributed by atoms with Crippen LogP contribution >= 0.6 is 0 Å². The van der Waals surface area contributed by atoms with Gasteiger partial charge in [-0.3, -0.25) is 4.79 Å². The fraction of sp³-hybridized carbons (Fsp3) is 0.417. The summed E-state index contributed by atoms with van der Waals surface area (Å²) in [5.41, 5.74) is 1.62. The van der Waals surface area contributed by atoms with Gasteiger partial charge in [-0.15, -0.1) is 0 Å². The van der Waals surface area contributed by atoms with Crippen LogP contribution in [0, 0.1) is 23.2 Å². The van der Waals surface area contributed by atoms with Crippen LogP contribution in [0.25, 0.3) is 5.82 Å². The van der Waals surface area contributed by atoms with Crippen molar-refractivity contribution in [2.24, 2.45) is 23.2 Å². The first-order chi connectivity index (χ1) is 15.1. The van der Waals surface area contributed by atoms with E-state index < -0.39 is 0 Å². The highest BCUT2D eigenvalue weighted by atomic mass is 16.2. The van der Waals surface area contributed by atoms with E-state index in [1.165, 1.54) is 25.6 Å². The summed E-state index contributed by atoms with van der Waals surface area (Å²) in [7, 11) is 0. The minimum absolute atomic E-state index is 0.129. The normalized spacial score (nSPS) is 28.5. The number of aromatic nitrogens is 4. The summed E-state index contributed by atoms with van der Waals surface area (Å²) in [6, 6.07) is 11.5. The maximum absolute atomic E-state index is 13.2. The fourth-order valence-electron chi connectivity index (χ4n) is 6.38. The molecule has 0 saturated heterocycles. The van der Waals surface area contributed by atoms with Crippen molar-refractivity contribution < 1.29 is 4.79 Å². The van der Waals surface area contributed by atoms with Crippen LogP contribution in [0.1, 0.15) is 38.5 Å². The Hall–Kier alpha value is -3.22. The number of carbonyl (C=O) groups excluding carboxylic acids is 1. The Labute approximate surface area is 181 Å². The van der Waals surface area contributed by atoms with Gasteiger partial charge in [0.05, 0.1) is 5.41 Å². The Bertz CT molecular complexity index is 1060. The Morgan fingerprint density at radius 3 is 2.29 bits per heavy atom. The van der Waals surface area contributed by atoms with Gasteiger partial charge in [0.15, 0.2) is 5.82 Å². The molecule has 4 saturated carbocycles. The topological polar surface area (TPSA) is 84.7 Å². The second kappa shape index (κ2) is 7.18. The van der Waals surface area contributed by atoms with Gasteiger partial charge in [-0.1, -0.05) is 0 Å². The summed E-state index contributed by atoms with van der Waals surface area (Å²) >= 11 is 0. The third kappa shape index (κ3) is 3.48. The van der Waals surface area contributed by atoms with Crippen molar-refractivity contribution >= 4 is 23.1 Å². The van der Waals surface area contributed by atoms with Crippen molar-refractivity contribution in [3.8, 4) is 5.82 Å². The molecule has 7 nitrogen and oxygen atoms in total. The molecule has 1 aromatic carbocycles. The van der Waals surface area contributed by atoms with Crippen LogP contribution in [0.5, 0.6) is 0 Å². The van der Waals surface area contributed by atoms with E-state index in [1.807, 2.05) is 42.6 Å². The molecule has 158 valence electrons. The lowest BCUT2D eigenvalue weighted by Gasteiger charge is -2.55. The minimum Gasteiger partial charge on any atom is -0.340 e. The average molecular weight is 415 g/mol. The van der Waals surface area contributed by atoms with Crippen molar-refractivity contribution in [1.29, 1.82) is 0 Å². The minimum atomic E-state index is -0.129. The van der Waals surface area contributed by atoms with E-state index in [9.17, 15) is 4.79 Å². The molecule has 0 unspecified atom stereocenters. The van der Waals surface area contributed by atoms with Crippen LogP contribution in [-0.2, 0) is 4.79 Å². The van der Waals surface area contributed by atoms with Crippen molar-refractivity contribution in [2.45, 2.75) is 38.5 Å². The molecule has 2 heterocycles. The van der Waals surface area contributed by atoms with E-state index in [0.717, 1.165) is 48.4 Å². The second-order valence-corrected chi connectivity index (χ2v) is 9.57. The van der Waals surface area contributed by atoms with Crippen LogP contribution in [-0.4, -0.2) is 25.7 Å². The summed E-state index contributed by atoms with van der Waals surface area (Å²) < 4.78 is 1.69. The molecule has 7 heteroatoms. The van der Waals surface area contributed by atoms with Gasteiger partial charge in [0.2, 0.25) is 5.91 Å². The lowest BCUT2D eigenvalue weighted by Crippen LogP contribution is -2.51. The number of anilines is 3. The summed E-state index contributed by atoms with van der Waals surface area (Å²) in [4.78, 5) is 21.8. The largest absolute Gasteiger partial charge is 0.340 e. The number of benzene rings is 1. The van der Waals surface area contributed by atoms with Gasteiger partial charge < -0.3 is 10.6 Å². The Balaban J connectivity index is 1.13. The first-order valence-electron chi connectivity index (χ1n) is 11.2. The van der Waals surface area contributed by atoms with Crippen molar-refractivity contribution in [2.75, 3.05) is 10.6 Å². The van der Waals surface area contributed by atoms with Crippen LogP contribution < -0.4 is 10.6 Å². The summed E-state index contributed by atoms with van der Waals surface area (Å²) in [6.07, 6.45) is 12.3. The van der Waals surface area contributed by atoms with Gasteiger partial charge in [-0.25, -0.2) is 14.6 Å². The highest BCUT2D eigenvalue weighted by Gasteiger charge is 2.54. The third-order valence-electron chi connectivity index (χ3n) is 7.33. The number of carbonyl (C=O) groups is 1. The third-order valence-corrected chi connectivity index (χ3v) is 7.33. The lowest BCUT2D eigenvalue weighted by atomic mass is 9.49. The molecule has 0 radical (unpaired) electrons. The smallest absolute Gasteiger partial charge is 0.230 e. The molecule has 4 fully saturated rings. The molecule has 0 atom stereocenters. The van der Waals surface area contributed by atoms with Crippen LogP contribution in [0.3, 0.4) is 0 Å². The maximum Gasteiger partial charge on any atom is 0.230 e. The van der Waals surface area contributed by atoms with E-state index in [2.05, 4.69) is 25.7 Å². The fourth-order valence-corrected chi connectivity index (χ4v) is 6.38. The molecular weight excluding hydrogens is 388 g/mol. The predicted molar refractivity (Wildman–Crippen MR) is 118 cm³/mol. The number of hydrogen-bond acceptors (Lipinski definition) is 5. The van der Waals surface area contributed by atoms with Crippen molar-refractivity contribution in [3.63, 3.8) is 0 Å². The van der Waals surface area contributed by atoms with Crippen LogP contribution in [0.15, 0.2) is 55.1 Å². The van der Waals surface area contributed by atoms with Gasteiger partial charge in [0, 0.05) is 29.8 Å². The molecule has 4 bridgehead atoms. The first-order valence-corrected chi connectivity index (χ1v) is 11.2. The highest BCUT2D eigenvalue weighted by Crippen LogP contribution is 2.60. The second-order valence-electron chi connectivity index (χ2n) is 9.57. The molecular formula is C24H26N6O. The molecule has 4 aliphatic carbocycles. The van der Waals surface area contributed by atoms with Crippen molar-refractivity contribution in [1.82, 2.24) is 19.7 Å². The molecule has 1 amide bonds. The molecule has 4 aliphatic rings. The molecule has 2 aromatic heterocycles. The average Bonchev–Trinajstić information content (AvgIpc) is 3.29. The molecule has 0 spiro atoms. The quantitative estimate of drug-likeness (QED) is 0.639. The molecule has 0 aliphatic heterocycles. The Morgan fingerprint density at radius 1 is 0.968 bits per heavy atom. The van der Waals surface area contributed by atoms with Gasteiger partial charge in [0.1, 0.15) is 12.1 Å². The van der Waals surface area contributed by atoms with E-state index in [0.29, 0.717) is 11.6 Å². The molecule has 31 heavy (non-hydrogen) atoms. The Morgan fingerprint density at radius 2 is 1.65 bits per heavy atom. The van der Waals surface area contributed by atoms with Gasteiger partial charge in [-0.2, -0.15) is 5.10 Å². The number of nitrogens with zero attached hydrogens (tertiary/aromatic N) is 4.